The van der Waals surface area contributed by atoms with Crippen LogP contribution in [0.2, 0.25) is 0 Å². The normalized spacial score (nSPS) is 15.9. The molecule has 4 rings (SSSR count). The topological polar surface area (TPSA) is 76.8 Å². The van der Waals surface area contributed by atoms with E-state index >= 15 is 0 Å². The van der Waals surface area contributed by atoms with Crippen molar-refractivity contribution in [2.75, 3.05) is 39.5 Å². The van der Waals surface area contributed by atoms with Gasteiger partial charge in [-0.2, -0.15) is 0 Å². The zero-order chi connectivity index (χ0) is 22.0. The van der Waals surface area contributed by atoms with Crippen LogP contribution in [0.15, 0.2) is 50.1 Å². The summed E-state index contributed by atoms with van der Waals surface area (Å²) in [6.45, 7) is 5.53. The molecule has 1 unspecified atom stereocenters. The van der Waals surface area contributed by atoms with Crippen molar-refractivity contribution in [3.8, 4) is 11.4 Å². The van der Waals surface area contributed by atoms with E-state index < -0.39 is 6.10 Å². The van der Waals surface area contributed by atoms with Gasteiger partial charge in [0.05, 0.1) is 29.8 Å². The Morgan fingerprint density at radius 3 is 2.77 bits per heavy atom. The molecule has 1 saturated heterocycles. The number of fused-ring (bicyclic) bond motifs is 1. The van der Waals surface area contributed by atoms with Crippen LogP contribution in [0, 0.1) is 6.92 Å². The largest absolute Gasteiger partial charge is 0.491 e. The number of hydrogen-bond acceptors (Lipinski definition) is 6. The van der Waals surface area contributed by atoms with E-state index in [2.05, 4.69) is 41.7 Å². The number of benzene rings is 2. The molecule has 2 heterocycles. The fraction of sp³-hybridized carbons (Fsp3) is 0.364. The van der Waals surface area contributed by atoms with Gasteiger partial charge in [0, 0.05) is 34.6 Å². The third-order valence-electron chi connectivity index (χ3n) is 5.15. The van der Waals surface area contributed by atoms with E-state index in [0.29, 0.717) is 47.9 Å². The molecule has 0 radical (unpaired) electrons. The summed E-state index contributed by atoms with van der Waals surface area (Å²) in [7, 11) is 0. The van der Waals surface area contributed by atoms with Crippen LogP contribution in [0.1, 0.15) is 5.82 Å². The number of aryl methyl sites for hydroxylation is 1. The number of aromatic nitrogens is 2. The van der Waals surface area contributed by atoms with Crippen LogP contribution in [-0.4, -0.2) is 65.1 Å². The summed E-state index contributed by atoms with van der Waals surface area (Å²) < 4.78 is 14.3. The summed E-state index contributed by atoms with van der Waals surface area (Å²) in [5.74, 6) is 1.16. The monoisotopic (exact) mass is 551 g/mol. The van der Waals surface area contributed by atoms with Gasteiger partial charge in [0.2, 0.25) is 0 Å². The molecule has 9 heteroatoms. The molecule has 1 atom stereocenters. The molecule has 164 valence electrons. The third-order valence-corrected chi connectivity index (χ3v) is 6.21. The Morgan fingerprint density at radius 1 is 1.23 bits per heavy atom. The zero-order valence-electron chi connectivity index (χ0n) is 17.1. The zero-order valence-corrected chi connectivity index (χ0v) is 20.2. The van der Waals surface area contributed by atoms with E-state index in [1.165, 1.54) is 0 Å². The van der Waals surface area contributed by atoms with Crippen molar-refractivity contribution in [2.24, 2.45) is 0 Å². The van der Waals surface area contributed by atoms with E-state index in [4.69, 9.17) is 9.47 Å². The fourth-order valence-corrected chi connectivity index (χ4v) is 4.98. The summed E-state index contributed by atoms with van der Waals surface area (Å²) >= 11 is 6.92. The molecular formula is C22H23Br2N3O4. The van der Waals surface area contributed by atoms with Crippen molar-refractivity contribution in [1.29, 1.82) is 0 Å². The number of aliphatic hydroxyl groups is 1. The van der Waals surface area contributed by atoms with E-state index in [9.17, 15) is 9.90 Å². The van der Waals surface area contributed by atoms with E-state index in [1.54, 1.807) is 23.6 Å². The van der Waals surface area contributed by atoms with Crippen molar-refractivity contribution in [3.05, 3.63) is 61.5 Å². The van der Waals surface area contributed by atoms with Gasteiger partial charge in [-0.25, -0.2) is 4.98 Å². The van der Waals surface area contributed by atoms with E-state index in [-0.39, 0.29) is 12.2 Å². The van der Waals surface area contributed by atoms with Gasteiger partial charge in [-0.1, -0.05) is 22.0 Å². The van der Waals surface area contributed by atoms with Crippen molar-refractivity contribution in [1.82, 2.24) is 14.5 Å². The molecule has 1 aromatic heterocycles. The lowest BCUT2D eigenvalue weighted by molar-refractivity contribution is 0.00465. The Morgan fingerprint density at radius 2 is 2.00 bits per heavy atom. The predicted octanol–water partition coefficient (Wildman–Crippen LogP) is 3.29. The Kier molecular flexibility index (Phi) is 7.08. The Bertz CT molecular complexity index is 1150. The summed E-state index contributed by atoms with van der Waals surface area (Å²) in [5.41, 5.74) is 1.13. The second kappa shape index (κ2) is 9.79. The number of nitrogens with zero attached hydrogens (tertiary/aromatic N) is 3. The Balaban J connectivity index is 1.55. The average molecular weight is 553 g/mol. The molecule has 1 aliphatic heterocycles. The van der Waals surface area contributed by atoms with Crippen LogP contribution >= 0.6 is 31.9 Å². The van der Waals surface area contributed by atoms with Gasteiger partial charge in [0.25, 0.3) is 5.56 Å². The number of β-amino-alcohol motifs (C(OH)–C–C–N with tert-alkyl or cyclic N) is 1. The summed E-state index contributed by atoms with van der Waals surface area (Å²) in [6, 6.07) is 10.9. The fourth-order valence-electron chi connectivity index (χ4n) is 3.67. The maximum absolute atomic E-state index is 13.2. The first-order valence-electron chi connectivity index (χ1n) is 10.0. The third kappa shape index (κ3) is 5.18. The molecule has 0 amide bonds. The average Bonchev–Trinajstić information content (AvgIpc) is 2.74. The van der Waals surface area contributed by atoms with Gasteiger partial charge in [-0.15, -0.1) is 0 Å². The molecule has 2 aromatic carbocycles. The molecule has 7 nitrogen and oxygen atoms in total. The van der Waals surface area contributed by atoms with Gasteiger partial charge < -0.3 is 14.6 Å². The van der Waals surface area contributed by atoms with Crippen LogP contribution in [0.4, 0.5) is 0 Å². The number of aliphatic hydroxyl groups excluding tert-OH is 1. The molecule has 0 aliphatic carbocycles. The smallest absolute Gasteiger partial charge is 0.266 e. The standard InChI is InChI=1S/C22H23Br2N3O4/c1-14-25-21-19(9-15(23)10-20(21)24)22(29)27(14)16-3-2-4-18(11-16)31-13-17(28)12-26-5-7-30-8-6-26/h2-4,9-11,17,28H,5-8,12-13H2,1H3. The maximum Gasteiger partial charge on any atom is 0.266 e. The van der Waals surface area contributed by atoms with E-state index in [1.807, 2.05) is 24.3 Å². The van der Waals surface area contributed by atoms with Crippen LogP contribution in [0.25, 0.3) is 16.6 Å². The summed E-state index contributed by atoms with van der Waals surface area (Å²) in [6.07, 6.45) is -0.608. The van der Waals surface area contributed by atoms with Crippen LogP contribution in [0.5, 0.6) is 5.75 Å². The van der Waals surface area contributed by atoms with Gasteiger partial charge in [-0.3, -0.25) is 14.3 Å². The highest BCUT2D eigenvalue weighted by Crippen LogP contribution is 2.26. The Labute approximate surface area is 196 Å². The number of morpholine rings is 1. The maximum atomic E-state index is 13.2. The molecule has 0 spiro atoms. The van der Waals surface area contributed by atoms with E-state index in [0.717, 1.165) is 22.0 Å². The van der Waals surface area contributed by atoms with Gasteiger partial charge in [0.1, 0.15) is 24.3 Å². The minimum absolute atomic E-state index is 0.158. The molecule has 1 fully saturated rings. The first-order valence-corrected chi connectivity index (χ1v) is 11.6. The highest BCUT2D eigenvalue weighted by atomic mass is 79.9. The lowest BCUT2D eigenvalue weighted by Gasteiger charge is -2.28. The number of hydrogen-bond donors (Lipinski definition) is 1. The van der Waals surface area contributed by atoms with Crippen molar-refractivity contribution in [3.63, 3.8) is 0 Å². The highest BCUT2D eigenvalue weighted by Gasteiger charge is 2.16. The minimum atomic E-state index is -0.608. The molecule has 3 aromatic rings. The lowest BCUT2D eigenvalue weighted by atomic mass is 10.2. The molecular weight excluding hydrogens is 530 g/mol. The molecule has 1 N–H and O–H groups in total. The SMILES string of the molecule is Cc1nc2c(Br)cc(Br)cc2c(=O)n1-c1cccc(OCC(O)CN2CCOCC2)c1. The highest BCUT2D eigenvalue weighted by molar-refractivity contribution is 9.11. The van der Waals surface area contributed by atoms with Crippen LogP contribution in [0.3, 0.4) is 0 Å². The van der Waals surface area contributed by atoms with Crippen molar-refractivity contribution in [2.45, 2.75) is 13.0 Å². The van der Waals surface area contributed by atoms with Crippen molar-refractivity contribution >= 4 is 42.8 Å². The second-order valence-corrected chi connectivity index (χ2v) is 9.23. The molecule has 0 bridgehead atoms. The number of ether oxygens (including phenoxy) is 2. The van der Waals surface area contributed by atoms with Crippen LogP contribution in [-0.2, 0) is 4.74 Å². The van der Waals surface area contributed by atoms with Gasteiger partial charge >= 0.3 is 0 Å². The molecule has 31 heavy (non-hydrogen) atoms. The molecule has 1 aliphatic rings. The second-order valence-electron chi connectivity index (χ2n) is 7.46. The quantitative estimate of drug-likeness (QED) is 0.506. The Hall–Kier alpha value is -1.78. The summed E-state index contributed by atoms with van der Waals surface area (Å²) in [4.78, 5) is 20.0. The van der Waals surface area contributed by atoms with Gasteiger partial charge in [0.15, 0.2) is 0 Å². The van der Waals surface area contributed by atoms with Gasteiger partial charge in [-0.05, 0) is 47.1 Å². The van der Waals surface area contributed by atoms with Crippen LogP contribution < -0.4 is 10.3 Å². The van der Waals surface area contributed by atoms with Crippen molar-refractivity contribution < 1.29 is 14.6 Å². The molecule has 0 saturated carbocycles. The first kappa shape index (κ1) is 22.4. The number of halogens is 2. The lowest BCUT2D eigenvalue weighted by Crippen LogP contribution is -2.42. The first-order chi connectivity index (χ1) is 14.9. The predicted molar refractivity (Wildman–Crippen MR) is 126 cm³/mol. The number of rotatable bonds is 6. The minimum Gasteiger partial charge on any atom is -0.491 e. The summed E-state index contributed by atoms with van der Waals surface area (Å²) in [5, 5.41) is 10.8.